The monoisotopic (exact) mass is 638 g/mol. The Morgan fingerprint density at radius 3 is 1.82 bits per heavy atom. The van der Waals surface area contributed by atoms with Crippen LogP contribution < -0.4 is 4.90 Å². The fourth-order valence-electron chi connectivity index (χ4n) is 8.44. The van der Waals surface area contributed by atoms with E-state index < -0.39 is 0 Å². The molecule has 9 aromatic rings. The van der Waals surface area contributed by atoms with Gasteiger partial charge in [0.25, 0.3) is 0 Å². The topological polar surface area (TPSA) is 8.17 Å². The Balaban J connectivity index is 1.21. The number of rotatable bonds is 5. The zero-order chi connectivity index (χ0) is 33.2. The van der Waals surface area contributed by atoms with Crippen LogP contribution in [0.15, 0.2) is 188 Å². The summed E-state index contributed by atoms with van der Waals surface area (Å²) in [5.74, 6) is 0. The molecule has 0 radical (unpaired) electrons. The highest BCUT2D eigenvalue weighted by Crippen LogP contribution is 2.53. The molecule has 2 heteroatoms. The zero-order valence-electron chi connectivity index (χ0n) is 27.8. The van der Waals surface area contributed by atoms with Crippen LogP contribution in [0.3, 0.4) is 0 Å². The fraction of sp³-hybridized carbons (Fsp3) is 0.0417. The van der Waals surface area contributed by atoms with Gasteiger partial charge in [0, 0.05) is 38.9 Å². The zero-order valence-corrected chi connectivity index (χ0v) is 27.8. The van der Waals surface area contributed by atoms with Gasteiger partial charge in [-0.2, -0.15) is 0 Å². The average Bonchev–Trinajstić information content (AvgIpc) is 3.65. The molecule has 0 saturated heterocycles. The van der Waals surface area contributed by atoms with Gasteiger partial charge in [-0.05, 0) is 106 Å². The second kappa shape index (κ2) is 11.1. The Morgan fingerprint density at radius 1 is 0.420 bits per heavy atom. The van der Waals surface area contributed by atoms with E-state index in [2.05, 4.69) is 204 Å². The molecule has 2 nitrogen and oxygen atoms in total. The predicted octanol–water partition coefficient (Wildman–Crippen LogP) is 12.7. The van der Waals surface area contributed by atoms with E-state index in [0.717, 1.165) is 22.7 Å². The molecule has 0 saturated carbocycles. The van der Waals surface area contributed by atoms with Gasteiger partial charge in [0.05, 0.1) is 11.0 Å². The van der Waals surface area contributed by atoms with Crippen molar-refractivity contribution in [3.63, 3.8) is 0 Å². The summed E-state index contributed by atoms with van der Waals surface area (Å²) in [5.41, 5.74) is 13.3. The minimum absolute atomic E-state index is 0.286. The molecule has 0 fully saturated rings. The Hall–Kier alpha value is -6.38. The van der Waals surface area contributed by atoms with Crippen LogP contribution in [0.1, 0.15) is 23.6 Å². The lowest BCUT2D eigenvalue weighted by atomic mass is 9.74. The predicted molar refractivity (Wildman–Crippen MR) is 210 cm³/mol. The molecule has 8 aromatic carbocycles. The molecule has 1 aliphatic rings. The summed E-state index contributed by atoms with van der Waals surface area (Å²) in [6, 6.07) is 68.8. The van der Waals surface area contributed by atoms with Crippen molar-refractivity contribution in [3.8, 4) is 16.8 Å². The van der Waals surface area contributed by atoms with E-state index in [1.807, 2.05) is 0 Å². The molecule has 1 heterocycles. The van der Waals surface area contributed by atoms with Crippen LogP contribution in [0, 0.1) is 0 Å². The van der Waals surface area contributed by atoms with Crippen molar-refractivity contribution in [2.45, 2.75) is 12.3 Å². The van der Waals surface area contributed by atoms with Crippen LogP contribution in [0.25, 0.3) is 49.4 Å². The maximum absolute atomic E-state index is 2.43. The van der Waals surface area contributed by atoms with Crippen molar-refractivity contribution in [2.75, 3.05) is 4.90 Å². The molecule has 50 heavy (non-hydrogen) atoms. The Kier molecular flexibility index (Phi) is 6.34. The smallest absolute Gasteiger partial charge is 0.0542 e. The van der Waals surface area contributed by atoms with Crippen molar-refractivity contribution in [1.29, 1.82) is 0 Å². The number of aromatic nitrogens is 1. The van der Waals surface area contributed by atoms with Crippen LogP contribution >= 0.6 is 0 Å². The van der Waals surface area contributed by atoms with Crippen molar-refractivity contribution < 1.29 is 0 Å². The molecular weight excluding hydrogens is 605 g/mol. The summed E-state index contributed by atoms with van der Waals surface area (Å²) in [4.78, 5) is 2.43. The van der Waals surface area contributed by atoms with Gasteiger partial charge in [0.2, 0.25) is 0 Å². The van der Waals surface area contributed by atoms with Crippen molar-refractivity contribution in [3.05, 3.63) is 205 Å². The fourth-order valence-corrected chi connectivity index (χ4v) is 8.44. The molecule has 0 spiro atoms. The number of hydrogen-bond acceptors (Lipinski definition) is 1. The van der Waals surface area contributed by atoms with Crippen LogP contribution in [0.2, 0.25) is 0 Å². The second-order valence-electron chi connectivity index (χ2n) is 13.5. The van der Waals surface area contributed by atoms with Crippen LogP contribution in [-0.2, 0) is 5.41 Å². The van der Waals surface area contributed by atoms with Gasteiger partial charge in [0.15, 0.2) is 0 Å². The summed E-state index contributed by atoms with van der Waals surface area (Å²) in [6.45, 7) is 2.39. The van der Waals surface area contributed by atoms with E-state index in [4.69, 9.17) is 0 Å². The lowest BCUT2D eigenvalue weighted by Gasteiger charge is -2.31. The highest BCUT2D eigenvalue weighted by Gasteiger charge is 2.40. The molecule has 1 aliphatic carbocycles. The van der Waals surface area contributed by atoms with Crippen LogP contribution in [0.5, 0.6) is 0 Å². The van der Waals surface area contributed by atoms with Crippen molar-refractivity contribution >= 4 is 49.6 Å². The van der Waals surface area contributed by atoms with E-state index in [0.29, 0.717) is 0 Å². The quantitative estimate of drug-likeness (QED) is 0.182. The number of nitrogens with zero attached hydrogens (tertiary/aromatic N) is 2. The van der Waals surface area contributed by atoms with Gasteiger partial charge < -0.3 is 9.47 Å². The molecule has 0 aliphatic heterocycles. The van der Waals surface area contributed by atoms with Gasteiger partial charge in [-0.3, -0.25) is 0 Å². The molecule has 236 valence electrons. The molecular formula is C48H34N2. The molecule has 0 bridgehead atoms. The molecule has 0 unspecified atom stereocenters. The standard InChI is InChI=1S/C48H34N2/c1-48(44-23-10-7-20-40(44)41-21-8-11-24-45(41)48)35-16-13-19-37(31-35)49(38-27-26-33-14-5-6-15-34(33)30-38)39-28-29-47-43(32-39)42-22-9-12-25-46(42)50(47)36-17-3-2-4-18-36/h2-32H,1H3. The number of benzene rings is 8. The summed E-state index contributed by atoms with van der Waals surface area (Å²) in [7, 11) is 0. The van der Waals surface area contributed by atoms with E-state index in [1.165, 1.54) is 60.4 Å². The Bertz CT molecular complexity index is 2690. The second-order valence-corrected chi connectivity index (χ2v) is 13.5. The number of anilines is 3. The van der Waals surface area contributed by atoms with Gasteiger partial charge in [-0.15, -0.1) is 0 Å². The maximum Gasteiger partial charge on any atom is 0.0542 e. The van der Waals surface area contributed by atoms with Gasteiger partial charge in [-0.1, -0.05) is 127 Å². The maximum atomic E-state index is 2.43. The summed E-state index contributed by atoms with van der Waals surface area (Å²) in [5, 5.41) is 4.93. The van der Waals surface area contributed by atoms with Crippen LogP contribution in [-0.4, -0.2) is 4.57 Å². The van der Waals surface area contributed by atoms with Gasteiger partial charge in [0.1, 0.15) is 0 Å². The average molecular weight is 639 g/mol. The third kappa shape index (κ3) is 4.22. The molecule has 0 atom stereocenters. The first-order valence-electron chi connectivity index (χ1n) is 17.4. The Morgan fingerprint density at radius 2 is 1.02 bits per heavy atom. The summed E-state index contributed by atoms with van der Waals surface area (Å²) < 4.78 is 2.38. The van der Waals surface area contributed by atoms with Crippen molar-refractivity contribution in [2.24, 2.45) is 0 Å². The highest BCUT2D eigenvalue weighted by atomic mass is 15.1. The first kappa shape index (κ1) is 28.6. The number of para-hydroxylation sites is 2. The lowest BCUT2D eigenvalue weighted by Crippen LogP contribution is -2.23. The summed E-state index contributed by atoms with van der Waals surface area (Å²) in [6.07, 6.45) is 0. The SMILES string of the molecule is CC1(c2cccc(N(c3ccc4ccccc4c3)c3ccc4c(c3)c3ccccc3n4-c3ccccc3)c2)c2ccccc2-c2ccccc21. The van der Waals surface area contributed by atoms with E-state index in [1.54, 1.807) is 0 Å². The number of fused-ring (bicyclic) bond motifs is 7. The lowest BCUT2D eigenvalue weighted by molar-refractivity contribution is 0.714. The van der Waals surface area contributed by atoms with Gasteiger partial charge in [-0.25, -0.2) is 0 Å². The first-order valence-corrected chi connectivity index (χ1v) is 17.4. The first-order chi connectivity index (χ1) is 24.7. The minimum Gasteiger partial charge on any atom is -0.310 e. The van der Waals surface area contributed by atoms with Gasteiger partial charge >= 0.3 is 0 Å². The largest absolute Gasteiger partial charge is 0.310 e. The van der Waals surface area contributed by atoms with E-state index in [-0.39, 0.29) is 5.41 Å². The van der Waals surface area contributed by atoms with Crippen LogP contribution in [0.4, 0.5) is 17.1 Å². The minimum atomic E-state index is -0.286. The third-order valence-electron chi connectivity index (χ3n) is 10.8. The molecule has 0 N–H and O–H groups in total. The van der Waals surface area contributed by atoms with E-state index >= 15 is 0 Å². The summed E-state index contributed by atoms with van der Waals surface area (Å²) >= 11 is 0. The normalized spacial score (nSPS) is 13.1. The molecule has 0 amide bonds. The Labute approximate surface area is 292 Å². The van der Waals surface area contributed by atoms with Crippen molar-refractivity contribution in [1.82, 2.24) is 4.57 Å². The molecule has 10 rings (SSSR count). The van der Waals surface area contributed by atoms with E-state index in [9.17, 15) is 0 Å². The molecule has 1 aromatic heterocycles. The highest BCUT2D eigenvalue weighted by molar-refractivity contribution is 6.10. The number of hydrogen-bond donors (Lipinski definition) is 0. The third-order valence-corrected chi connectivity index (χ3v) is 10.8.